The molecule has 0 saturated carbocycles. The van der Waals surface area contributed by atoms with Crippen LogP contribution in [0.2, 0.25) is 0 Å². The molecule has 0 atom stereocenters. The number of rotatable bonds is 3. The topological polar surface area (TPSA) is 43.1 Å². The van der Waals surface area contributed by atoms with E-state index < -0.39 is 11.6 Å². The number of halogens is 3. The summed E-state index contributed by atoms with van der Waals surface area (Å²) in [5.41, 5.74) is 7.00. The number of nitrogen functional groups attached to an aromatic ring is 1. The minimum absolute atomic E-state index is 0.000280. The number of nitrogens with two attached hydrogens (primary N) is 1. The molecular formula is C14H10BrF2NO. The van der Waals surface area contributed by atoms with E-state index in [0.717, 1.165) is 12.1 Å². The third-order valence-corrected chi connectivity index (χ3v) is 3.30. The van der Waals surface area contributed by atoms with Crippen molar-refractivity contribution < 1.29 is 13.6 Å². The molecule has 2 nitrogen and oxygen atoms in total. The summed E-state index contributed by atoms with van der Waals surface area (Å²) in [5.74, 6) is -2.08. The molecule has 2 aromatic rings. The van der Waals surface area contributed by atoms with Gasteiger partial charge in [-0.15, -0.1) is 0 Å². The van der Waals surface area contributed by atoms with Crippen LogP contribution in [0.3, 0.4) is 0 Å². The molecule has 2 rings (SSSR count). The van der Waals surface area contributed by atoms with Crippen LogP contribution in [0.15, 0.2) is 40.9 Å². The molecule has 0 amide bonds. The minimum atomic E-state index is -0.957. The number of ketones is 1. The lowest BCUT2D eigenvalue weighted by atomic mass is 10.0. The first-order valence-electron chi connectivity index (χ1n) is 5.49. The Morgan fingerprint density at radius 1 is 1.11 bits per heavy atom. The summed E-state index contributed by atoms with van der Waals surface area (Å²) >= 11 is 3.25. The fourth-order valence-corrected chi connectivity index (χ4v) is 2.31. The van der Waals surface area contributed by atoms with E-state index >= 15 is 0 Å². The second-order valence-corrected chi connectivity index (χ2v) is 4.94. The van der Waals surface area contributed by atoms with E-state index in [4.69, 9.17) is 5.73 Å². The van der Waals surface area contributed by atoms with Crippen LogP contribution in [0.5, 0.6) is 0 Å². The van der Waals surface area contributed by atoms with E-state index in [-0.39, 0.29) is 12.2 Å². The molecule has 98 valence electrons. The number of hydrogen-bond donors (Lipinski definition) is 1. The third kappa shape index (κ3) is 3.17. The summed E-state index contributed by atoms with van der Waals surface area (Å²) in [5, 5.41) is 0. The van der Waals surface area contributed by atoms with Gasteiger partial charge in [-0.05, 0) is 51.8 Å². The third-order valence-electron chi connectivity index (χ3n) is 2.64. The highest BCUT2D eigenvalue weighted by Gasteiger charge is 2.12. The zero-order chi connectivity index (χ0) is 14.0. The van der Waals surface area contributed by atoms with Gasteiger partial charge in [-0.25, -0.2) is 8.78 Å². The van der Waals surface area contributed by atoms with Crippen molar-refractivity contribution in [3.8, 4) is 0 Å². The number of anilines is 1. The highest BCUT2D eigenvalue weighted by atomic mass is 79.9. The monoisotopic (exact) mass is 325 g/mol. The zero-order valence-corrected chi connectivity index (χ0v) is 11.4. The number of hydrogen-bond acceptors (Lipinski definition) is 2. The van der Waals surface area contributed by atoms with Crippen LogP contribution in [-0.2, 0) is 6.42 Å². The van der Waals surface area contributed by atoms with Crippen molar-refractivity contribution in [3.05, 3.63) is 63.6 Å². The van der Waals surface area contributed by atoms with Gasteiger partial charge in [0.15, 0.2) is 17.4 Å². The predicted molar refractivity (Wildman–Crippen MR) is 72.9 cm³/mol. The Morgan fingerprint density at radius 3 is 2.47 bits per heavy atom. The van der Waals surface area contributed by atoms with Crippen LogP contribution >= 0.6 is 15.9 Å². The molecule has 0 aromatic heterocycles. The molecule has 0 radical (unpaired) electrons. The van der Waals surface area contributed by atoms with Gasteiger partial charge in [0.2, 0.25) is 0 Å². The summed E-state index contributed by atoms with van der Waals surface area (Å²) in [6.45, 7) is 0. The van der Waals surface area contributed by atoms with Crippen molar-refractivity contribution in [2.45, 2.75) is 6.42 Å². The maximum Gasteiger partial charge on any atom is 0.168 e. The molecule has 0 saturated heterocycles. The van der Waals surface area contributed by atoms with Gasteiger partial charge in [0.05, 0.1) is 0 Å². The first kappa shape index (κ1) is 13.7. The molecule has 2 aromatic carbocycles. The second-order valence-electron chi connectivity index (χ2n) is 4.09. The fourth-order valence-electron chi connectivity index (χ4n) is 1.69. The standard InChI is InChI=1S/C14H10BrF2NO/c15-11-7-9(18)2-3-10(11)14(19)6-8-1-4-12(16)13(17)5-8/h1-5,7H,6,18H2. The van der Waals surface area contributed by atoms with Gasteiger partial charge in [-0.2, -0.15) is 0 Å². The summed E-state index contributed by atoms with van der Waals surface area (Å²) in [6.07, 6.45) is -0.000280. The molecule has 0 bridgehead atoms. The van der Waals surface area contributed by atoms with Crippen molar-refractivity contribution in [2.75, 3.05) is 5.73 Å². The maximum absolute atomic E-state index is 13.1. The lowest BCUT2D eigenvalue weighted by Gasteiger charge is -2.05. The largest absolute Gasteiger partial charge is 0.399 e. The Balaban J connectivity index is 2.23. The molecule has 0 heterocycles. The van der Waals surface area contributed by atoms with Crippen molar-refractivity contribution in [1.29, 1.82) is 0 Å². The Hall–Kier alpha value is -1.75. The first-order valence-corrected chi connectivity index (χ1v) is 6.29. The highest BCUT2D eigenvalue weighted by Crippen LogP contribution is 2.22. The van der Waals surface area contributed by atoms with Gasteiger partial charge in [0.25, 0.3) is 0 Å². The number of carbonyl (C=O) groups is 1. The molecule has 0 spiro atoms. The average molecular weight is 326 g/mol. The van der Waals surface area contributed by atoms with Crippen molar-refractivity contribution >= 4 is 27.4 Å². The van der Waals surface area contributed by atoms with Gasteiger partial charge >= 0.3 is 0 Å². The van der Waals surface area contributed by atoms with E-state index in [0.29, 0.717) is 21.3 Å². The van der Waals surface area contributed by atoms with Gasteiger partial charge in [-0.3, -0.25) is 4.79 Å². The summed E-state index contributed by atoms with van der Waals surface area (Å²) < 4.78 is 26.4. The maximum atomic E-state index is 13.1. The van der Waals surface area contributed by atoms with Crippen LogP contribution in [0.25, 0.3) is 0 Å². The Kier molecular flexibility index (Phi) is 3.95. The van der Waals surface area contributed by atoms with Crippen LogP contribution in [0.4, 0.5) is 14.5 Å². The summed E-state index contributed by atoms with van der Waals surface area (Å²) in [7, 11) is 0. The van der Waals surface area contributed by atoms with E-state index in [1.54, 1.807) is 18.2 Å². The van der Waals surface area contributed by atoms with Crippen LogP contribution in [0.1, 0.15) is 15.9 Å². The van der Waals surface area contributed by atoms with Gasteiger partial charge in [0, 0.05) is 22.1 Å². The molecule has 5 heteroatoms. The Labute approximate surface area is 117 Å². The number of carbonyl (C=O) groups excluding carboxylic acids is 1. The Morgan fingerprint density at radius 2 is 1.84 bits per heavy atom. The quantitative estimate of drug-likeness (QED) is 0.690. The highest BCUT2D eigenvalue weighted by molar-refractivity contribution is 9.10. The molecule has 0 aliphatic heterocycles. The molecular weight excluding hydrogens is 316 g/mol. The fraction of sp³-hybridized carbons (Fsp3) is 0.0714. The van der Waals surface area contributed by atoms with E-state index in [1.165, 1.54) is 6.07 Å². The number of benzene rings is 2. The van der Waals surface area contributed by atoms with Gasteiger partial charge in [-0.1, -0.05) is 6.07 Å². The van der Waals surface area contributed by atoms with E-state index in [1.807, 2.05) is 0 Å². The first-order chi connectivity index (χ1) is 8.97. The van der Waals surface area contributed by atoms with Crippen LogP contribution in [-0.4, -0.2) is 5.78 Å². The van der Waals surface area contributed by atoms with Gasteiger partial charge < -0.3 is 5.73 Å². The normalized spacial score (nSPS) is 10.5. The smallest absolute Gasteiger partial charge is 0.168 e. The van der Waals surface area contributed by atoms with E-state index in [2.05, 4.69) is 15.9 Å². The van der Waals surface area contributed by atoms with Crippen molar-refractivity contribution in [3.63, 3.8) is 0 Å². The lowest BCUT2D eigenvalue weighted by molar-refractivity contribution is 0.0992. The molecule has 0 aliphatic carbocycles. The van der Waals surface area contributed by atoms with Gasteiger partial charge in [0.1, 0.15) is 0 Å². The molecule has 0 fully saturated rings. The molecule has 2 N–H and O–H groups in total. The SMILES string of the molecule is Nc1ccc(C(=O)Cc2ccc(F)c(F)c2)c(Br)c1. The van der Waals surface area contributed by atoms with Crippen LogP contribution in [0, 0.1) is 11.6 Å². The van der Waals surface area contributed by atoms with E-state index in [9.17, 15) is 13.6 Å². The van der Waals surface area contributed by atoms with Crippen molar-refractivity contribution in [2.24, 2.45) is 0 Å². The lowest BCUT2D eigenvalue weighted by Crippen LogP contribution is -2.05. The second kappa shape index (κ2) is 5.48. The minimum Gasteiger partial charge on any atom is -0.399 e. The molecule has 0 aliphatic rings. The summed E-state index contributed by atoms with van der Waals surface area (Å²) in [6, 6.07) is 8.26. The summed E-state index contributed by atoms with van der Waals surface area (Å²) in [4.78, 5) is 12.1. The Bertz CT molecular complexity index is 643. The predicted octanol–water partition coefficient (Wildman–Crippen LogP) is 3.73. The molecule has 0 unspecified atom stereocenters. The zero-order valence-electron chi connectivity index (χ0n) is 9.79. The molecule has 19 heavy (non-hydrogen) atoms. The average Bonchev–Trinajstić information content (AvgIpc) is 2.33. The number of Topliss-reactive ketones (excluding diaryl/α,β-unsaturated/α-hetero) is 1. The van der Waals surface area contributed by atoms with Crippen LogP contribution < -0.4 is 5.73 Å². The van der Waals surface area contributed by atoms with Crippen molar-refractivity contribution in [1.82, 2.24) is 0 Å².